The number of nitrogens with zero attached hydrogens (tertiary/aromatic N) is 2. The van der Waals surface area contributed by atoms with E-state index in [0.29, 0.717) is 12.2 Å². The number of benzene rings is 1. The lowest BCUT2D eigenvalue weighted by Gasteiger charge is -2.16. The molecule has 2 aromatic rings. The van der Waals surface area contributed by atoms with Gasteiger partial charge in [-0.15, -0.1) is 0 Å². The highest BCUT2D eigenvalue weighted by Gasteiger charge is 2.17. The number of nitrogens with one attached hydrogen (secondary N) is 1. The van der Waals surface area contributed by atoms with Crippen LogP contribution in [0.2, 0.25) is 0 Å². The lowest BCUT2D eigenvalue weighted by Crippen LogP contribution is -2.23. The Bertz CT molecular complexity index is 507. The zero-order valence-corrected chi connectivity index (χ0v) is 9.30. The summed E-state index contributed by atoms with van der Waals surface area (Å²) in [5, 5.41) is 2.68. The maximum Gasteiger partial charge on any atom is 0.207 e. The second-order valence-corrected chi connectivity index (χ2v) is 3.67. The number of amides is 1. The van der Waals surface area contributed by atoms with Crippen molar-refractivity contribution in [3.05, 3.63) is 53.9 Å². The molecular weight excluding hydrogens is 221 g/mol. The second-order valence-electron chi connectivity index (χ2n) is 3.67. The molecule has 5 heteroatoms. The fraction of sp³-hybridized carbons (Fsp3) is 0.167. The highest BCUT2D eigenvalue weighted by Crippen LogP contribution is 2.19. The third-order valence-electron chi connectivity index (χ3n) is 2.55. The van der Waals surface area contributed by atoms with Gasteiger partial charge in [0.2, 0.25) is 6.41 Å². The average molecular weight is 233 g/mol. The van der Waals surface area contributed by atoms with Crippen molar-refractivity contribution in [2.24, 2.45) is 7.05 Å². The number of carbonyl (C=O) groups excluding carboxylic acids is 1. The molecule has 17 heavy (non-hydrogen) atoms. The number of aryl methyl sites for hydroxylation is 1. The highest BCUT2D eigenvalue weighted by atomic mass is 19.1. The standard InChI is InChI=1S/C12H12FN3O/c1-16-7-6-14-12(16)11(15-8-17)9-2-4-10(13)5-3-9/h2-8,11H,1H3,(H,15,17). The summed E-state index contributed by atoms with van der Waals surface area (Å²) in [7, 11) is 1.84. The monoisotopic (exact) mass is 233 g/mol. The largest absolute Gasteiger partial charge is 0.345 e. The Morgan fingerprint density at radius 3 is 2.65 bits per heavy atom. The van der Waals surface area contributed by atoms with Crippen LogP contribution in [0.5, 0.6) is 0 Å². The summed E-state index contributed by atoms with van der Waals surface area (Å²) in [6.07, 6.45) is 4.05. The van der Waals surface area contributed by atoms with Crippen molar-refractivity contribution in [3.8, 4) is 0 Å². The lowest BCUT2D eigenvalue weighted by atomic mass is 10.1. The number of rotatable bonds is 4. The number of hydrogen-bond acceptors (Lipinski definition) is 2. The molecule has 1 atom stereocenters. The molecule has 0 saturated carbocycles. The van der Waals surface area contributed by atoms with Crippen LogP contribution in [-0.4, -0.2) is 16.0 Å². The normalized spacial score (nSPS) is 12.1. The lowest BCUT2D eigenvalue weighted by molar-refractivity contribution is -0.110. The molecule has 0 aliphatic rings. The molecule has 88 valence electrons. The Hall–Kier alpha value is -2.17. The Labute approximate surface area is 98.1 Å². The molecule has 1 aromatic carbocycles. The minimum Gasteiger partial charge on any atom is -0.345 e. The number of hydrogen-bond donors (Lipinski definition) is 1. The average Bonchev–Trinajstić information content (AvgIpc) is 2.74. The molecule has 1 heterocycles. The van der Waals surface area contributed by atoms with Crippen LogP contribution in [0.1, 0.15) is 17.4 Å². The van der Waals surface area contributed by atoms with Gasteiger partial charge in [0.25, 0.3) is 0 Å². The first kappa shape index (κ1) is 11.3. The Kier molecular flexibility index (Phi) is 3.18. The quantitative estimate of drug-likeness (QED) is 0.811. The van der Waals surface area contributed by atoms with Crippen molar-refractivity contribution in [2.75, 3.05) is 0 Å². The predicted octanol–water partition coefficient (Wildman–Crippen LogP) is 1.39. The summed E-state index contributed by atoms with van der Waals surface area (Å²) in [6.45, 7) is 0. The minimum absolute atomic E-state index is 0.307. The van der Waals surface area contributed by atoms with Crippen LogP contribution in [0.15, 0.2) is 36.7 Å². The molecule has 4 nitrogen and oxygen atoms in total. The molecule has 1 aromatic heterocycles. The van der Waals surface area contributed by atoms with E-state index in [-0.39, 0.29) is 11.9 Å². The Morgan fingerprint density at radius 1 is 1.41 bits per heavy atom. The number of imidazole rings is 1. The van der Waals surface area contributed by atoms with E-state index in [0.717, 1.165) is 5.56 Å². The van der Waals surface area contributed by atoms with Crippen molar-refractivity contribution in [2.45, 2.75) is 6.04 Å². The Balaban J connectivity index is 2.38. The van der Waals surface area contributed by atoms with E-state index in [1.807, 2.05) is 11.6 Å². The van der Waals surface area contributed by atoms with Crippen LogP contribution in [0.4, 0.5) is 4.39 Å². The van der Waals surface area contributed by atoms with Crippen molar-refractivity contribution in [1.82, 2.24) is 14.9 Å². The molecule has 1 N–H and O–H groups in total. The van der Waals surface area contributed by atoms with E-state index in [1.165, 1.54) is 12.1 Å². The zero-order valence-electron chi connectivity index (χ0n) is 9.30. The smallest absolute Gasteiger partial charge is 0.207 e. The summed E-state index contributed by atoms with van der Waals surface area (Å²) in [5.74, 6) is 0.391. The van der Waals surface area contributed by atoms with Gasteiger partial charge in [-0.3, -0.25) is 4.79 Å². The van der Waals surface area contributed by atoms with Crippen LogP contribution in [-0.2, 0) is 11.8 Å². The molecule has 0 bridgehead atoms. The summed E-state index contributed by atoms with van der Waals surface area (Å²) in [6, 6.07) is 5.61. The van der Waals surface area contributed by atoms with Gasteiger partial charge in [0.05, 0.1) is 0 Å². The molecule has 0 spiro atoms. The Morgan fingerprint density at radius 2 is 2.12 bits per heavy atom. The van der Waals surface area contributed by atoms with E-state index >= 15 is 0 Å². The van der Waals surface area contributed by atoms with E-state index in [1.54, 1.807) is 24.5 Å². The summed E-state index contributed by atoms with van der Waals surface area (Å²) < 4.78 is 14.7. The maximum absolute atomic E-state index is 12.8. The van der Waals surface area contributed by atoms with Gasteiger partial charge >= 0.3 is 0 Å². The van der Waals surface area contributed by atoms with Crippen LogP contribution in [0, 0.1) is 5.82 Å². The van der Waals surface area contributed by atoms with Crippen LogP contribution < -0.4 is 5.32 Å². The first-order chi connectivity index (χ1) is 8.22. The molecule has 0 fully saturated rings. The third kappa shape index (κ3) is 2.33. The highest BCUT2D eigenvalue weighted by molar-refractivity contribution is 5.49. The molecule has 1 unspecified atom stereocenters. The second kappa shape index (κ2) is 4.78. The minimum atomic E-state index is -0.368. The SMILES string of the molecule is Cn1ccnc1C(NC=O)c1ccc(F)cc1. The van der Waals surface area contributed by atoms with Gasteiger partial charge in [0, 0.05) is 19.4 Å². The van der Waals surface area contributed by atoms with Crippen LogP contribution >= 0.6 is 0 Å². The van der Waals surface area contributed by atoms with Crippen molar-refractivity contribution < 1.29 is 9.18 Å². The number of halogens is 1. The first-order valence-corrected chi connectivity index (χ1v) is 5.14. The summed E-state index contributed by atoms with van der Waals surface area (Å²) >= 11 is 0. The van der Waals surface area contributed by atoms with E-state index in [4.69, 9.17) is 0 Å². The van der Waals surface area contributed by atoms with E-state index < -0.39 is 0 Å². The molecular formula is C12H12FN3O. The summed E-state index contributed by atoms with van der Waals surface area (Å²) in [5.41, 5.74) is 0.785. The zero-order chi connectivity index (χ0) is 12.3. The van der Waals surface area contributed by atoms with E-state index in [2.05, 4.69) is 10.3 Å². The number of carbonyl (C=O) groups is 1. The molecule has 0 saturated heterocycles. The molecule has 0 aliphatic carbocycles. The van der Waals surface area contributed by atoms with Crippen LogP contribution in [0.25, 0.3) is 0 Å². The fourth-order valence-electron chi connectivity index (χ4n) is 1.70. The summed E-state index contributed by atoms with van der Waals surface area (Å²) in [4.78, 5) is 14.8. The topological polar surface area (TPSA) is 46.9 Å². The van der Waals surface area contributed by atoms with Crippen molar-refractivity contribution in [1.29, 1.82) is 0 Å². The first-order valence-electron chi connectivity index (χ1n) is 5.14. The van der Waals surface area contributed by atoms with E-state index in [9.17, 15) is 9.18 Å². The van der Waals surface area contributed by atoms with Gasteiger partial charge in [-0.05, 0) is 17.7 Å². The molecule has 2 rings (SSSR count). The third-order valence-corrected chi connectivity index (χ3v) is 2.55. The van der Waals surface area contributed by atoms with Crippen LogP contribution in [0.3, 0.4) is 0 Å². The van der Waals surface area contributed by atoms with Gasteiger partial charge in [-0.1, -0.05) is 12.1 Å². The molecule has 0 radical (unpaired) electrons. The van der Waals surface area contributed by atoms with Crippen molar-refractivity contribution >= 4 is 6.41 Å². The van der Waals surface area contributed by atoms with Gasteiger partial charge in [0.15, 0.2) is 0 Å². The molecule has 1 amide bonds. The van der Waals surface area contributed by atoms with Gasteiger partial charge in [-0.25, -0.2) is 9.37 Å². The maximum atomic E-state index is 12.8. The predicted molar refractivity (Wildman–Crippen MR) is 60.7 cm³/mol. The number of aromatic nitrogens is 2. The fourth-order valence-corrected chi connectivity index (χ4v) is 1.70. The van der Waals surface area contributed by atoms with Gasteiger partial charge < -0.3 is 9.88 Å². The van der Waals surface area contributed by atoms with Crippen molar-refractivity contribution in [3.63, 3.8) is 0 Å². The van der Waals surface area contributed by atoms with Gasteiger partial charge in [0.1, 0.15) is 17.7 Å². The van der Waals surface area contributed by atoms with Gasteiger partial charge in [-0.2, -0.15) is 0 Å². The molecule has 0 aliphatic heterocycles.